The van der Waals surface area contributed by atoms with Gasteiger partial charge in [0.25, 0.3) is 11.8 Å². The predicted octanol–water partition coefficient (Wildman–Crippen LogP) is 1.45. The fourth-order valence-electron chi connectivity index (χ4n) is 2.81. The number of anilines is 1. The summed E-state index contributed by atoms with van der Waals surface area (Å²) in [7, 11) is 0. The Kier molecular flexibility index (Phi) is 5.56. The molecule has 1 aliphatic heterocycles. The van der Waals surface area contributed by atoms with Gasteiger partial charge in [-0.3, -0.25) is 19.2 Å². The maximum absolute atomic E-state index is 12.1. The molecule has 0 atom stereocenters. The number of imide groups is 1. The molecule has 3 rings (SSSR count). The molecule has 27 heavy (non-hydrogen) atoms. The van der Waals surface area contributed by atoms with Crippen LogP contribution in [0, 0.1) is 6.92 Å². The molecule has 2 heterocycles. The van der Waals surface area contributed by atoms with Crippen LogP contribution in [-0.2, 0) is 22.7 Å². The van der Waals surface area contributed by atoms with Crippen molar-refractivity contribution < 1.29 is 19.4 Å². The summed E-state index contributed by atoms with van der Waals surface area (Å²) in [6.45, 7) is 5.01. The van der Waals surface area contributed by atoms with Gasteiger partial charge in [0.1, 0.15) is 18.1 Å². The minimum absolute atomic E-state index is 0.0137. The predicted molar refractivity (Wildman–Crippen MR) is 98.9 cm³/mol. The summed E-state index contributed by atoms with van der Waals surface area (Å²) in [4.78, 5) is 24.9. The molecule has 1 aromatic heterocycles. The lowest BCUT2D eigenvalue weighted by molar-refractivity contribution is -0.137. The molecule has 0 spiro atoms. The van der Waals surface area contributed by atoms with Crippen LogP contribution in [0.15, 0.2) is 42.2 Å². The minimum atomic E-state index is -0.446. The van der Waals surface area contributed by atoms with E-state index in [9.17, 15) is 9.59 Å². The van der Waals surface area contributed by atoms with E-state index in [1.807, 2.05) is 24.7 Å². The number of aliphatic hydroxyl groups is 1. The lowest BCUT2D eigenvalue weighted by atomic mass is 10.2. The molecule has 2 N–H and O–H groups in total. The summed E-state index contributed by atoms with van der Waals surface area (Å²) in [5.74, 6) is -0.189. The summed E-state index contributed by atoms with van der Waals surface area (Å²) in [5, 5.41) is 16.1. The van der Waals surface area contributed by atoms with E-state index in [0.29, 0.717) is 18.0 Å². The molecule has 0 radical (unpaired) electrons. The van der Waals surface area contributed by atoms with Gasteiger partial charge in [0, 0.05) is 29.6 Å². The van der Waals surface area contributed by atoms with E-state index in [0.717, 1.165) is 22.7 Å². The molecule has 2 amide bonds. The van der Waals surface area contributed by atoms with Crippen LogP contribution in [0.1, 0.15) is 18.2 Å². The van der Waals surface area contributed by atoms with Crippen molar-refractivity contribution in [2.75, 3.05) is 18.5 Å². The maximum Gasteiger partial charge on any atom is 0.277 e. The highest BCUT2D eigenvalue weighted by molar-refractivity contribution is 6.17. The Labute approximate surface area is 157 Å². The van der Waals surface area contributed by atoms with Gasteiger partial charge in [-0.25, -0.2) is 0 Å². The Bertz CT molecular complexity index is 870. The summed E-state index contributed by atoms with van der Waals surface area (Å²) < 4.78 is 7.71. The first-order valence-corrected chi connectivity index (χ1v) is 8.73. The smallest absolute Gasteiger partial charge is 0.277 e. The molecular formula is C19H22N4O4. The quantitative estimate of drug-likeness (QED) is 0.683. The van der Waals surface area contributed by atoms with Gasteiger partial charge in [0.2, 0.25) is 0 Å². The van der Waals surface area contributed by atoms with Crippen LogP contribution < -0.4 is 10.1 Å². The Morgan fingerprint density at radius 1 is 1.22 bits per heavy atom. The van der Waals surface area contributed by atoms with Crippen LogP contribution in [0.3, 0.4) is 0 Å². The lowest BCUT2D eigenvalue weighted by Crippen LogP contribution is -2.34. The Hall–Kier alpha value is -3.13. The number of hydrogen-bond donors (Lipinski definition) is 2. The van der Waals surface area contributed by atoms with Crippen molar-refractivity contribution in [3.63, 3.8) is 0 Å². The first kappa shape index (κ1) is 18.7. The van der Waals surface area contributed by atoms with E-state index in [2.05, 4.69) is 10.4 Å². The Morgan fingerprint density at radius 3 is 2.59 bits per heavy atom. The normalized spacial score (nSPS) is 13.9. The number of hydrogen-bond acceptors (Lipinski definition) is 6. The van der Waals surface area contributed by atoms with E-state index < -0.39 is 11.8 Å². The number of nitrogens with one attached hydrogen (secondary N) is 1. The molecule has 142 valence electrons. The summed E-state index contributed by atoms with van der Waals surface area (Å²) in [6.07, 6.45) is 3.04. The van der Waals surface area contributed by atoms with Gasteiger partial charge >= 0.3 is 0 Å². The molecule has 8 nitrogen and oxygen atoms in total. The van der Waals surface area contributed by atoms with Crippen LogP contribution in [0.5, 0.6) is 5.75 Å². The van der Waals surface area contributed by atoms with Gasteiger partial charge in [-0.15, -0.1) is 0 Å². The average molecular weight is 370 g/mol. The zero-order chi connectivity index (χ0) is 19.4. The highest BCUT2D eigenvalue weighted by Crippen LogP contribution is 2.21. The van der Waals surface area contributed by atoms with Crippen molar-refractivity contribution in [2.45, 2.75) is 27.0 Å². The molecular weight excluding hydrogens is 348 g/mol. The number of benzene rings is 1. The average Bonchev–Trinajstić information content (AvgIpc) is 3.15. The number of amides is 2. The molecule has 1 aliphatic rings. The summed E-state index contributed by atoms with van der Waals surface area (Å²) >= 11 is 0. The fraction of sp³-hybridized carbons (Fsp3) is 0.316. The van der Waals surface area contributed by atoms with Gasteiger partial charge in [-0.05, 0) is 38.1 Å². The van der Waals surface area contributed by atoms with Gasteiger partial charge in [-0.2, -0.15) is 5.10 Å². The second-order valence-electron chi connectivity index (χ2n) is 6.09. The molecule has 0 saturated carbocycles. The van der Waals surface area contributed by atoms with E-state index in [-0.39, 0.29) is 18.8 Å². The topological polar surface area (TPSA) is 96.7 Å². The number of rotatable bonds is 8. The summed E-state index contributed by atoms with van der Waals surface area (Å²) in [5.41, 5.74) is 2.96. The van der Waals surface area contributed by atoms with Gasteiger partial charge in [0.15, 0.2) is 0 Å². The fourth-order valence-corrected chi connectivity index (χ4v) is 2.81. The van der Waals surface area contributed by atoms with Crippen molar-refractivity contribution in [3.05, 3.63) is 53.5 Å². The molecule has 1 aromatic carbocycles. The van der Waals surface area contributed by atoms with Crippen molar-refractivity contribution in [1.29, 1.82) is 0 Å². The standard InChI is InChI=1S/C19H22N4O4/c1-3-23-13(2)14(11-20-23)12-27-16-6-4-15(5-7-16)21-17-10-18(25)22(8-9-24)19(17)26/h4-7,10-11,21,24H,3,8-9,12H2,1-2H3. The third-order valence-electron chi connectivity index (χ3n) is 4.37. The zero-order valence-electron chi connectivity index (χ0n) is 15.3. The number of aryl methyl sites for hydroxylation is 1. The first-order valence-electron chi connectivity index (χ1n) is 8.73. The molecule has 0 aliphatic carbocycles. The molecule has 0 fully saturated rings. The number of ether oxygens (including phenoxy) is 1. The molecule has 0 unspecified atom stereocenters. The van der Waals surface area contributed by atoms with Crippen LogP contribution in [0.4, 0.5) is 5.69 Å². The van der Waals surface area contributed by atoms with Crippen molar-refractivity contribution in [3.8, 4) is 5.75 Å². The lowest BCUT2D eigenvalue weighted by Gasteiger charge is -2.13. The van der Waals surface area contributed by atoms with E-state index in [1.54, 1.807) is 24.3 Å². The molecule has 2 aromatic rings. The number of aromatic nitrogens is 2. The number of carbonyl (C=O) groups is 2. The summed E-state index contributed by atoms with van der Waals surface area (Å²) in [6, 6.07) is 7.11. The SMILES string of the molecule is CCn1ncc(COc2ccc(NC3=CC(=O)N(CCO)C3=O)cc2)c1C. The zero-order valence-corrected chi connectivity index (χ0v) is 15.3. The largest absolute Gasteiger partial charge is 0.489 e. The molecule has 0 saturated heterocycles. The van der Waals surface area contributed by atoms with Gasteiger partial charge in [0.05, 0.1) is 19.3 Å². The van der Waals surface area contributed by atoms with Crippen LogP contribution in [-0.4, -0.2) is 44.8 Å². The number of β-amino-alcohol motifs (C(OH)–C–C–N with tert-alkyl or cyclic N) is 1. The third-order valence-corrected chi connectivity index (χ3v) is 4.37. The molecule has 0 bridgehead atoms. The Balaban J connectivity index is 1.59. The number of aliphatic hydroxyl groups excluding tert-OH is 1. The highest BCUT2D eigenvalue weighted by Gasteiger charge is 2.30. The highest BCUT2D eigenvalue weighted by atomic mass is 16.5. The molecule has 8 heteroatoms. The van der Waals surface area contributed by atoms with Crippen molar-refractivity contribution in [1.82, 2.24) is 14.7 Å². The van der Waals surface area contributed by atoms with Gasteiger partial charge < -0.3 is 15.2 Å². The Morgan fingerprint density at radius 2 is 1.96 bits per heavy atom. The van der Waals surface area contributed by atoms with Crippen LogP contribution >= 0.6 is 0 Å². The first-order chi connectivity index (χ1) is 13.0. The van der Waals surface area contributed by atoms with Gasteiger partial charge in [-0.1, -0.05) is 0 Å². The van der Waals surface area contributed by atoms with Crippen LogP contribution in [0.25, 0.3) is 0 Å². The monoisotopic (exact) mass is 370 g/mol. The van der Waals surface area contributed by atoms with Crippen molar-refractivity contribution >= 4 is 17.5 Å². The van der Waals surface area contributed by atoms with E-state index in [4.69, 9.17) is 9.84 Å². The van der Waals surface area contributed by atoms with E-state index >= 15 is 0 Å². The second-order valence-corrected chi connectivity index (χ2v) is 6.09. The van der Waals surface area contributed by atoms with Crippen molar-refractivity contribution in [2.24, 2.45) is 0 Å². The second kappa shape index (κ2) is 8.05. The van der Waals surface area contributed by atoms with Crippen LogP contribution in [0.2, 0.25) is 0 Å². The minimum Gasteiger partial charge on any atom is -0.489 e. The number of nitrogens with zero attached hydrogens (tertiary/aromatic N) is 3. The maximum atomic E-state index is 12.1. The number of carbonyl (C=O) groups excluding carboxylic acids is 2. The third kappa shape index (κ3) is 4.01. The van der Waals surface area contributed by atoms with E-state index in [1.165, 1.54) is 6.08 Å².